The zero-order valence-electron chi connectivity index (χ0n) is 20.4. The lowest BCUT2D eigenvalue weighted by Gasteiger charge is -2.18. The van der Waals surface area contributed by atoms with Crippen molar-refractivity contribution in [2.45, 2.75) is 25.0 Å². The van der Waals surface area contributed by atoms with Crippen LogP contribution >= 0.6 is 0 Å². The minimum absolute atomic E-state index is 0.0255. The van der Waals surface area contributed by atoms with E-state index in [1.54, 1.807) is 18.2 Å². The van der Waals surface area contributed by atoms with Crippen LogP contribution in [0.1, 0.15) is 29.0 Å². The van der Waals surface area contributed by atoms with E-state index < -0.39 is 30.5 Å². The van der Waals surface area contributed by atoms with Crippen LogP contribution in [0.2, 0.25) is 0 Å². The van der Waals surface area contributed by atoms with Crippen LogP contribution < -0.4 is 14.8 Å². The molecular formula is C28H27NO8. The molecule has 0 aliphatic heterocycles. The van der Waals surface area contributed by atoms with E-state index in [2.05, 4.69) is 5.32 Å². The second-order valence-corrected chi connectivity index (χ2v) is 8.41. The molecule has 1 aliphatic rings. The van der Waals surface area contributed by atoms with Crippen molar-refractivity contribution < 1.29 is 38.4 Å². The second kappa shape index (κ2) is 11.5. The summed E-state index contributed by atoms with van der Waals surface area (Å²) in [7, 11) is 2.98. The number of esters is 1. The maximum Gasteiger partial charge on any atom is 0.407 e. The van der Waals surface area contributed by atoms with Crippen molar-refractivity contribution in [2.24, 2.45) is 0 Å². The SMILES string of the molecule is COc1ccc(COC(=O)[C@@H](CC(=O)O)NC(=O)OCC2c3ccccc3-c3ccccc32)c(OC)c1. The smallest absolute Gasteiger partial charge is 0.407 e. The molecule has 0 aromatic heterocycles. The molecule has 3 aromatic carbocycles. The van der Waals surface area contributed by atoms with Gasteiger partial charge in [0.15, 0.2) is 0 Å². The second-order valence-electron chi connectivity index (χ2n) is 8.41. The Balaban J connectivity index is 1.39. The summed E-state index contributed by atoms with van der Waals surface area (Å²) in [6.45, 7) is -0.160. The van der Waals surface area contributed by atoms with Gasteiger partial charge in [0, 0.05) is 17.5 Å². The molecule has 0 spiro atoms. The molecule has 0 fully saturated rings. The first kappa shape index (κ1) is 25.6. The summed E-state index contributed by atoms with van der Waals surface area (Å²) >= 11 is 0. The molecule has 9 nitrogen and oxygen atoms in total. The summed E-state index contributed by atoms with van der Waals surface area (Å²) in [5, 5.41) is 11.6. The van der Waals surface area contributed by atoms with E-state index >= 15 is 0 Å². The van der Waals surface area contributed by atoms with Gasteiger partial charge >= 0.3 is 18.0 Å². The van der Waals surface area contributed by atoms with Crippen LogP contribution in [0.4, 0.5) is 4.79 Å². The first-order chi connectivity index (χ1) is 17.9. The van der Waals surface area contributed by atoms with Gasteiger partial charge in [-0.05, 0) is 34.4 Å². The third-order valence-corrected chi connectivity index (χ3v) is 6.16. The number of hydrogen-bond acceptors (Lipinski definition) is 7. The van der Waals surface area contributed by atoms with E-state index in [1.165, 1.54) is 14.2 Å². The minimum atomic E-state index is -1.43. The molecule has 0 saturated heterocycles. The summed E-state index contributed by atoms with van der Waals surface area (Å²) in [6.07, 6.45) is -1.57. The van der Waals surface area contributed by atoms with Gasteiger partial charge in [0.05, 0.1) is 20.6 Å². The van der Waals surface area contributed by atoms with Crippen LogP contribution in [-0.2, 0) is 25.7 Å². The van der Waals surface area contributed by atoms with Gasteiger partial charge in [-0.15, -0.1) is 0 Å². The number of alkyl carbamates (subject to hydrolysis) is 1. The number of amides is 1. The maximum atomic E-state index is 12.7. The largest absolute Gasteiger partial charge is 0.497 e. The molecule has 37 heavy (non-hydrogen) atoms. The number of benzene rings is 3. The highest BCUT2D eigenvalue weighted by atomic mass is 16.6. The van der Waals surface area contributed by atoms with Crippen molar-refractivity contribution in [1.29, 1.82) is 0 Å². The number of fused-ring (bicyclic) bond motifs is 3. The van der Waals surface area contributed by atoms with Gasteiger partial charge < -0.3 is 29.4 Å². The lowest BCUT2D eigenvalue weighted by molar-refractivity contribution is -0.151. The Morgan fingerprint density at radius 1 is 0.892 bits per heavy atom. The molecule has 3 aromatic rings. The molecule has 192 valence electrons. The highest BCUT2D eigenvalue weighted by molar-refractivity contribution is 5.86. The number of ether oxygens (including phenoxy) is 4. The summed E-state index contributed by atoms with van der Waals surface area (Å²) < 4.78 is 21.2. The number of methoxy groups -OCH3 is 2. The molecule has 4 rings (SSSR count). The van der Waals surface area contributed by atoms with E-state index in [0.717, 1.165) is 22.3 Å². The van der Waals surface area contributed by atoms with Crippen molar-refractivity contribution in [3.05, 3.63) is 83.4 Å². The van der Waals surface area contributed by atoms with E-state index in [4.69, 9.17) is 18.9 Å². The highest BCUT2D eigenvalue weighted by Crippen LogP contribution is 2.44. The Bertz CT molecular complexity index is 1260. The van der Waals surface area contributed by atoms with Crippen LogP contribution in [0, 0.1) is 0 Å². The van der Waals surface area contributed by atoms with Crippen LogP contribution in [0.3, 0.4) is 0 Å². The maximum absolute atomic E-state index is 12.7. The van der Waals surface area contributed by atoms with Crippen molar-refractivity contribution in [3.63, 3.8) is 0 Å². The highest BCUT2D eigenvalue weighted by Gasteiger charge is 2.30. The van der Waals surface area contributed by atoms with Crippen molar-refractivity contribution in [1.82, 2.24) is 5.32 Å². The summed E-state index contributed by atoms with van der Waals surface area (Å²) in [4.78, 5) is 36.6. The first-order valence-electron chi connectivity index (χ1n) is 11.6. The Morgan fingerprint density at radius 3 is 2.14 bits per heavy atom. The number of carbonyl (C=O) groups is 3. The Morgan fingerprint density at radius 2 is 1.54 bits per heavy atom. The fourth-order valence-corrected chi connectivity index (χ4v) is 4.37. The molecule has 1 amide bonds. The molecule has 2 N–H and O–H groups in total. The fraction of sp³-hybridized carbons (Fsp3) is 0.250. The average Bonchev–Trinajstić information content (AvgIpc) is 3.23. The predicted molar refractivity (Wildman–Crippen MR) is 134 cm³/mol. The van der Waals surface area contributed by atoms with E-state index in [0.29, 0.717) is 17.1 Å². The molecule has 1 atom stereocenters. The van der Waals surface area contributed by atoms with E-state index in [1.807, 2.05) is 48.5 Å². The molecule has 9 heteroatoms. The fourth-order valence-electron chi connectivity index (χ4n) is 4.37. The lowest BCUT2D eigenvalue weighted by Crippen LogP contribution is -2.43. The summed E-state index contributed by atoms with van der Waals surface area (Å²) in [5.74, 6) is -1.36. The van der Waals surface area contributed by atoms with Crippen molar-refractivity contribution in [2.75, 3.05) is 20.8 Å². The van der Waals surface area contributed by atoms with Gasteiger partial charge in [-0.3, -0.25) is 4.79 Å². The monoisotopic (exact) mass is 505 g/mol. The zero-order valence-corrected chi connectivity index (χ0v) is 20.4. The third-order valence-electron chi connectivity index (χ3n) is 6.16. The van der Waals surface area contributed by atoms with Gasteiger partial charge in [-0.2, -0.15) is 0 Å². The summed E-state index contributed by atoms with van der Waals surface area (Å²) in [6, 6.07) is 19.3. The standard InChI is InChI=1S/C28H27NO8/c1-34-18-12-11-17(25(13-18)35-2)15-36-27(32)24(14-26(30)31)29-28(33)37-16-23-21-9-5-3-7-19(21)20-8-4-6-10-22(20)23/h3-13,23-24H,14-16H2,1-2H3,(H,29,33)(H,30,31)/t24-/m1/s1. The molecule has 0 unspecified atom stereocenters. The number of rotatable bonds is 10. The van der Waals surface area contributed by atoms with Crippen molar-refractivity contribution in [3.8, 4) is 22.6 Å². The number of nitrogens with one attached hydrogen (secondary N) is 1. The van der Waals surface area contributed by atoms with Crippen molar-refractivity contribution >= 4 is 18.0 Å². The van der Waals surface area contributed by atoms with Gasteiger partial charge in [0.1, 0.15) is 30.8 Å². The molecule has 0 bridgehead atoms. The zero-order chi connectivity index (χ0) is 26.4. The van der Waals surface area contributed by atoms with Crippen LogP contribution in [0.5, 0.6) is 11.5 Å². The third kappa shape index (κ3) is 5.83. The molecular weight excluding hydrogens is 478 g/mol. The normalized spacial score (nSPS) is 12.6. The Kier molecular flexibility index (Phi) is 7.92. The number of carbonyl (C=O) groups excluding carboxylic acids is 2. The van der Waals surface area contributed by atoms with Gasteiger partial charge in [-0.25, -0.2) is 9.59 Å². The molecule has 0 saturated carbocycles. The topological polar surface area (TPSA) is 120 Å². The number of hydrogen-bond donors (Lipinski definition) is 2. The van der Waals surface area contributed by atoms with Crippen LogP contribution in [0.25, 0.3) is 11.1 Å². The van der Waals surface area contributed by atoms with Gasteiger partial charge in [-0.1, -0.05) is 48.5 Å². The first-order valence-corrected chi connectivity index (χ1v) is 11.6. The number of aliphatic carboxylic acids is 1. The number of carboxylic acid groups (broad SMARTS) is 1. The average molecular weight is 506 g/mol. The Labute approximate surface area is 213 Å². The van der Waals surface area contributed by atoms with E-state index in [9.17, 15) is 19.5 Å². The molecule has 0 heterocycles. The van der Waals surface area contributed by atoms with Crippen LogP contribution in [-0.4, -0.2) is 50.0 Å². The lowest BCUT2D eigenvalue weighted by atomic mass is 9.98. The summed E-state index contributed by atoms with van der Waals surface area (Å²) in [5.41, 5.74) is 4.77. The van der Waals surface area contributed by atoms with Gasteiger partial charge in [0.25, 0.3) is 0 Å². The van der Waals surface area contributed by atoms with Gasteiger partial charge in [0.2, 0.25) is 0 Å². The van der Waals surface area contributed by atoms with E-state index in [-0.39, 0.29) is 19.1 Å². The Hall–Kier alpha value is -4.53. The number of carboxylic acids is 1. The quantitative estimate of drug-likeness (QED) is 0.395. The minimum Gasteiger partial charge on any atom is -0.497 e. The molecule has 0 radical (unpaired) electrons. The predicted octanol–water partition coefficient (Wildman–Crippen LogP) is 4.13. The molecule has 1 aliphatic carbocycles. The van der Waals surface area contributed by atoms with Crippen LogP contribution in [0.15, 0.2) is 66.7 Å².